The Morgan fingerprint density at radius 1 is 1.04 bits per heavy atom. The largest absolute Gasteiger partial charge is 0.486 e. The number of aromatic nitrogens is 8. The van der Waals surface area contributed by atoms with Crippen LogP contribution < -0.4 is 30.9 Å². The molecule has 4 aromatic heterocycles. The van der Waals surface area contributed by atoms with Gasteiger partial charge in [0.15, 0.2) is 17.2 Å². The number of piperidine rings is 1. The highest BCUT2D eigenvalue weighted by Gasteiger charge is 2.36. The number of nitrogens with one attached hydrogen (secondary N) is 3. The van der Waals surface area contributed by atoms with E-state index in [1.165, 1.54) is 29.4 Å². The molecular weight excluding hydrogens is 951 g/mol. The summed E-state index contributed by atoms with van der Waals surface area (Å²) >= 11 is 3.65. The highest BCUT2D eigenvalue weighted by atomic mass is 79.9. The molecule has 20 heteroatoms. The number of nitrogens with two attached hydrogens (primary N) is 1. The molecule has 2 amide bonds. The van der Waals surface area contributed by atoms with Gasteiger partial charge in [0.25, 0.3) is 11.8 Å². The van der Waals surface area contributed by atoms with Crippen molar-refractivity contribution in [2.75, 3.05) is 67.2 Å². The van der Waals surface area contributed by atoms with Gasteiger partial charge in [-0.25, -0.2) is 23.7 Å². The number of benzene rings is 3. The van der Waals surface area contributed by atoms with E-state index in [-0.39, 0.29) is 71.8 Å². The number of halogens is 3. The Hall–Kier alpha value is -7.06. The van der Waals surface area contributed by atoms with Gasteiger partial charge in [0, 0.05) is 43.0 Å². The lowest BCUT2D eigenvalue weighted by Gasteiger charge is -2.27. The highest BCUT2D eigenvalue weighted by Crippen LogP contribution is 2.41. The van der Waals surface area contributed by atoms with Crippen LogP contribution in [0.1, 0.15) is 64.5 Å². The average molecular weight is 1000 g/mol. The van der Waals surface area contributed by atoms with Crippen LogP contribution in [0.4, 0.5) is 32.2 Å². The number of carbonyl (C=O) groups excluding carboxylic acids is 2. The molecule has 1 aliphatic carbocycles. The predicted molar refractivity (Wildman–Crippen MR) is 262 cm³/mol. The van der Waals surface area contributed by atoms with Crippen LogP contribution in [0.5, 0.6) is 5.75 Å². The molecule has 7 aromatic rings. The lowest BCUT2D eigenvalue weighted by Crippen LogP contribution is -2.40. The van der Waals surface area contributed by atoms with Gasteiger partial charge in [0.1, 0.15) is 36.1 Å². The molecule has 0 bridgehead atoms. The molecule has 0 unspecified atom stereocenters. The Labute approximate surface area is 404 Å². The molecule has 356 valence electrons. The number of carbonyl (C=O) groups is 2. The van der Waals surface area contributed by atoms with Crippen molar-refractivity contribution in [3.63, 3.8) is 0 Å². The van der Waals surface area contributed by atoms with Gasteiger partial charge in [-0.2, -0.15) is 19.6 Å². The van der Waals surface area contributed by atoms with Crippen molar-refractivity contribution in [2.24, 2.45) is 5.92 Å². The van der Waals surface area contributed by atoms with E-state index in [0.717, 1.165) is 73.5 Å². The van der Waals surface area contributed by atoms with Gasteiger partial charge in [0.05, 0.1) is 46.9 Å². The molecule has 5 N–H and O–H groups in total. The van der Waals surface area contributed by atoms with Crippen LogP contribution in [0.3, 0.4) is 0 Å². The third-order valence-electron chi connectivity index (χ3n) is 13.2. The molecule has 3 aliphatic rings. The van der Waals surface area contributed by atoms with Crippen LogP contribution in [0.2, 0.25) is 0 Å². The first kappa shape index (κ1) is 45.7. The van der Waals surface area contributed by atoms with Crippen molar-refractivity contribution >= 4 is 67.8 Å². The molecule has 2 atom stereocenters. The normalized spacial score (nSPS) is 16.8. The summed E-state index contributed by atoms with van der Waals surface area (Å²) < 4.78 is 38.9. The number of fused-ring (bicyclic) bond motifs is 3. The lowest BCUT2D eigenvalue weighted by atomic mass is 9.94. The van der Waals surface area contributed by atoms with Gasteiger partial charge >= 0.3 is 0 Å². The molecule has 17 nitrogen and oxygen atoms in total. The Morgan fingerprint density at radius 2 is 1.88 bits per heavy atom. The van der Waals surface area contributed by atoms with Crippen LogP contribution in [0.15, 0.2) is 77.7 Å². The molecule has 0 radical (unpaired) electrons. The average Bonchev–Trinajstić information content (AvgIpc) is 3.80. The van der Waals surface area contributed by atoms with Crippen molar-refractivity contribution < 1.29 is 23.1 Å². The third kappa shape index (κ3) is 9.42. The van der Waals surface area contributed by atoms with Crippen LogP contribution >= 0.6 is 15.9 Å². The molecule has 10 rings (SSSR count). The number of rotatable bonds is 15. The van der Waals surface area contributed by atoms with Gasteiger partial charge in [0.2, 0.25) is 11.9 Å². The topological polar surface area (TPSA) is 201 Å². The van der Waals surface area contributed by atoms with E-state index in [2.05, 4.69) is 58.1 Å². The maximum Gasteiger partial charge on any atom is 0.258 e. The number of likely N-dealkylation sites (N-methyl/N-ethyl adjacent to an activating group) is 1. The summed E-state index contributed by atoms with van der Waals surface area (Å²) in [7, 11) is 1.63. The van der Waals surface area contributed by atoms with Crippen molar-refractivity contribution in [2.45, 2.75) is 58.0 Å². The van der Waals surface area contributed by atoms with E-state index in [1.54, 1.807) is 30.8 Å². The lowest BCUT2D eigenvalue weighted by molar-refractivity contribution is -0.126. The van der Waals surface area contributed by atoms with Gasteiger partial charge in [-0.05, 0) is 127 Å². The minimum Gasteiger partial charge on any atom is -0.486 e. The van der Waals surface area contributed by atoms with E-state index >= 15 is 8.78 Å². The number of aromatic amines is 1. The Morgan fingerprint density at radius 3 is 2.68 bits per heavy atom. The van der Waals surface area contributed by atoms with Crippen molar-refractivity contribution in [1.29, 1.82) is 0 Å². The third-order valence-corrected chi connectivity index (χ3v) is 13.7. The van der Waals surface area contributed by atoms with Crippen molar-refractivity contribution in [1.82, 2.24) is 49.7 Å². The van der Waals surface area contributed by atoms with Gasteiger partial charge < -0.3 is 40.8 Å². The second-order valence-corrected chi connectivity index (χ2v) is 19.0. The summed E-state index contributed by atoms with van der Waals surface area (Å²) in [4.78, 5) is 60.0. The number of nitrogens with zero attached hydrogens (tertiary/aromatic N) is 10. The summed E-state index contributed by atoms with van der Waals surface area (Å²) in [6.07, 6.45) is 7.15. The zero-order chi connectivity index (χ0) is 48.1. The molecule has 2 saturated heterocycles. The molecule has 0 spiro atoms. The second kappa shape index (κ2) is 18.8. The Kier molecular flexibility index (Phi) is 12.4. The summed E-state index contributed by atoms with van der Waals surface area (Å²) in [6.45, 7) is 10.8. The SMILES string of the molecule is C=C(CN(Cc1nc2ccc(C)cc2[nH]1)c1nc(N2C[C@@H]3CCCN[C@@H]3C2)nc2c(Br)cnn12)C(=O)N(C)CCOc1c(N)ncnc1-c1cc(F)cc(NC(=O)c2ccc(C3CC3)cc2F)c1C. The van der Waals surface area contributed by atoms with Crippen LogP contribution in [-0.4, -0.2) is 109 Å². The van der Waals surface area contributed by atoms with E-state index in [9.17, 15) is 9.59 Å². The fraction of sp³-hybridized carbons (Fsp3) is 0.347. The minimum absolute atomic E-state index is 0.0217. The smallest absolute Gasteiger partial charge is 0.258 e. The number of ether oxygens (including phenoxy) is 1. The number of nitrogen functional groups attached to an aromatic ring is 1. The molecular formula is C49H51BrF2N14O3. The fourth-order valence-electron chi connectivity index (χ4n) is 9.32. The van der Waals surface area contributed by atoms with E-state index < -0.39 is 17.5 Å². The van der Waals surface area contributed by atoms with Gasteiger partial charge in [-0.3, -0.25) is 9.59 Å². The minimum atomic E-state index is -0.725. The molecule has 6 heterocycles. The Bertz CT molecular complexity index is 3140. The number of amides is 2. The maximum absolute atomic E-state index is 15.3. The Balaban J connectivity index is 0.866. The first-order valence-electron chi connectivity index (χ1n) is 23.0. The summed E-state index contributed by atoms with van der Waals surface area (Å²) in [5, 5.41) is 11.0. The molecule has 69 heavy (non-hydrogen) atoms. The number of aryl methyl sites for hydroxylation is 1. The number of hydrogen-bond donors (Lipinski definition) is 4. The van der Waals surface area contributed by atoms with Crippen LogP contribution in [0, 0.1) is 31.4 Å². The number of H-pyrrole nitrogens is 1. The predicted octanol–water partition coefficient (Wildman–Crippen LogP) is 7.12. The maximum atomic E-state index is 15.3. The van der Waals surface area contributed by atoms with Gasteiger partial charge in [-0.1, -0.05) is 18.7 Å². The monoisotopic (exact) mass is 1000 g/mol. The van der Waals surface area contributed by atoms with E-state index in [4.69, 9.17) is 25.4 Å². The number of hydrogen-bond acceptors (Lipinski definition) is 13. The second-order valence-electron chi connectivity index (χ2n) is 18.2. The highest BCUT2D eigenvalue weighted by molar-refractivity contribution is 9.10. The zero-order valence-corrected chi connectivity index (χ0v) is 40.0. The first-order chi connectivity index (χ1) is 33.3. The van der Waals surface area contributed by atoms with Crippen LogP contribution in [0.25, 0.3) is 27.9 Å². The summed E-state index contributed by atoms with van der Waals surface area (Å²) in [5.74, 6) is 0.0957. The number of anilines is 4. The molecule has 1 saturated carbocycles. The van der Waals surface area contributed by atoms with Gasteiger partial charge in [-0.15, -0.1) is 0 Å². The molecule has 3 aromatic carbocycles. The molecule has 2 aliphatic heterocycles. The van der Waals surface area contributed by atoms with Crippen molar-refractivity contribution in [3.05, 3.63) is 117 Å². The van der Waals surface area contributed by atoms with E-state index in [0.29, 0.717) is 51.3 Å². The summed E-state index contributed by atoms with van der Waals surface area (Å²) in [5.41, 5.74) is 11.6. The van der Waals surface area contributed by atoms with Crippen molar-refractivity contribution in [3.8, 4) is 17.0 Å². The quantitative estimate of drug-likeness (QED) is 0.0758. The summed E-state index contributed by atoms with van der Waals surface area (Å²) in [6, 6.07) is 13.3. The number of imidazole rings is 1. The van der Waals surface area contributed by atoms with Crippen LogP contribution in [-0.2, 0) is 11.3 Å². The standard InChI is InChI=1S/C49H51BrF2N14O3/c1-26-7-12-37-39(16-26)59-41(58-37)24-65(49-62-48(61-45-35(50)20-57-66(45)49)64-22-31-6-5-13-54-40(31)23-64)21-27(2)47(68)63(4)14-15-69-43-42(55-25-56-44(43)53)34-18-32(51)19-38(28(34)3)60-46(67)33-11-10-30(17-36(33)52)29-8-9-29/h7,10-12,16-20,25,29,31,40,54H,2,5-6,8-9,13-15,21-24H2,1,3-4H3,(H,58,59)(H,60,67)(H2,53,55,56)/t31-,40+/m0/s1. The molecule has 3 fully saturated rings. The first-order valence-corrected chi connectivity index (χ1v) is 23.7. The zero-order valence-electron chi connectivity index (χ0n) is 38.4. The fourth-order valence-corrected chi connectivity index (χ4v) is 9.67. The van der Waals surface area contributed by atoms with E-state index in [1.807, 2.05) is 30.0 Å².